The molecule has 0 amide bonds. The maximum Gasteiger partial charge on any atom is 0.341 e. The second kappa shape index (κ2) is 10.1. The van der Waals surface area contributed by atoms with Crippen LogP contribution in [-0.4, -0.2) is 38.5 Å². The molecule has 0 radical (unpaired) electrons. The Bertz CT molecular complexity index is 1850. The van der Waals surface area contributed by atoms with Gasteiger partial charge >= 0.3 is 11.7 Å². The Labute approximate surface area is 225 Å². The summed E-state index contributed by atoms with van der Waals surface area (Å²) in [5, 5.41) is 25.9. The smallest absolute Gasteiger partial charge is 0.341 e. The molecule has 0 atom stereocenters. The summed E-state index contributed by atoms with van der Waals surface area (Å²) in [5.74, 6) is -1.40. The fourth-order valence-corrected chi connectivity index (χ4v) is 4.36. The zero-order chi connectivity index (χ0) is 27.0. The number of nitro benzene ring substituents is 1. The SMILES string of the molecule is O=C(O)COc1c(C=Nn2c(-c3cc4cc(Br)ccc4o3)nc3ccccc3c2=O)cc(Cl)cc1[N+](=O)[O-]. The highest BCUT2D eigenvalue weighted by molar-refractivity contribution is 9.10. The first-order valence-corrected chi connectivity index (χ1v) is 12.0. The van der Waals surface area contributed by atoms with E-state index < -0.39 is 28.7 Å². The second-order valence-corrected chi connectivity index (χ2v) is 9.24. The highest BCUT2D eigenvalue weighted by Gasteiger charge is 2.22. The molecule has 190 valence electrons. The molecule has 0 spiro atoms. The molecule has 13 heteroatoms. The van der Waals surface area contributed by atoms with E-state index in [9.17, 15) is 19.7 Å². The van der Waals surface area contributed by atoms with Crippen LogP contribution in [0.5, 0.6) is 5.75 Å². The molecule has 0 aliphatic heterocycles. The van der Waals surface area contributed by atoms with Crippen molar-refractivity contribution >= 4 is 67.3 Å². The van der Waals surface area contributed by atoms with Crippen LogP contribution in [-0.2, 0) is 4.79 Å². The lowest BCUT2D eigenvalue weighted by Crippen LogP contribution is -2.20. The number of hydrogen-bond donors (Lipinski definition) is 1. The van der Waals surface area contributed by atoms with Crippen LogP contribution in [0.1, 0.15) is 5.56 Å². The number of hydrogen-bond acceptors (Lipinski definition) is 8. The summed E-state index contributed by atoms with van der Waals surface area (Å²) in [5.41, 5.74) is -0.161. The molecule has 11 nitrogen and oxygen atoms in total. The van der Waals surface area contributed by atoms with E-state index in [0.29, 0.717) is 11.1 Å². The molecular weight excluding hydrogens is 584 g/mol. The molecule has 0 bridgehead atoms. The van der Waals surface area contributed by atoms with Crippen LogP contribution >= 0.6 is 27.5 Å². The summed E-state index contributed by atoms with van der Waals surface area (Å²) in [6, 6.07) is 16.1. The van der Waals surface area contributed by atoms with Gasteiger partial charge < -0.3 is 14.3 Å². The van der Waals surface area contributed by atoms with Gasteiger partial charge in [-0.05, 0) is 42.5 Å². The lowest BCUT2D eigenvalue weighted by atomic mass is 10.2. The van der Waals surface area contributed by atoms with Gasteiger partial charge in [0.05, 0.1) is 22.0 Å². The normalized spacial score (nSPS) is 11.4. The van der Waals surface area contributed by atoms with E-state index in [1.807, 2.05) is 6.07 Å². The number of aromatic nitrogens is 2. The highest BCUT2D eigenvalue weighted by atomic mass is 79.9. The van der Waals surface area contributed by atoms with E-state index in [2.05, 4.69) is 26.0 Å². The van der Waals surface area contributed by atoms with Gasteiger partial charge in [-0.2, -0.15) is 9.78 Å². The number of nitrogens with zero attached hydrogens (tertiary/aromatic N) is 4. The van der Waals surface area contributed by atoms with Crippen molar-refractivity contribution in [1.82, 2.24) is 9.66 Å². The van der Waals surface area contributed by atoms with Crippen molar-refractivity contribution in [2.45, 2.75) is 0 Å². The third-order valence-corrected chi connectivity index (χ3v) is 6.08. The summed E-state index contributed by atoms with van der Waals surface area (Å²) in [6.07, 6.45) is 1.11. The number of para-hydroxylation sites is 1. The van der Waals surface area contributed by atoms with E-state index in [0.717, 1.165) is 26.8 Å². The minimum Gasteiger partial charge on any atom is -0.479 e. The van der Waals surface area contributed by atoms with Crippen molar-refractivity contribution in [3.05, 3.63) is 96.2 Å². The van der Waals surface area contributed by atoms with Crippen molar-refractivity contribution in [3.8, 4) is 17.3 Å². The molecule has 0 unspecified atom stereocenters. The van der Waals surface area contributed by atoms with Crippen molar-refractivity contribution in [2.24, 2.45) is 5.10 Å². The molecule has 2 heterocycles. The minimum absolute atomic E-state index is 0.0205. The monoisotopic (exact) mass is 596 g/mol. The predicted molar refractivity (Wildman–Crippen MR) is 143 cm³/mol. The zero-order valence-corrected chi connectivity index (χ0v) is 21.3. The molecule has 0 aliphatic rings. The third-order valence-electron chi connectivity index (χ3n) is 5.36. The van der Waals surface area contributed by atoms with Gasteiger partial charge in [-0.1, -0.05) is 39.7 Å². The molecule has 5 aromatic rings. The number of rotatable bonds is 7. The molecule has 3 aromatic carbocycles. The van der Waals surface area contributed by atoms with Gasteiger partial charge in [0, 0.05) is 26.5 Å². The van der Waals surface area contributed by atoms with Gasteiger partial charge in [-0.25, -0.2) is 9.78 Å². The van der Waals surface area contributed by atoms with Crippen LogP contribution in [0.2, 0.25) is 5.02 Å². The molecule has 0 aliphatic carbocycles. The molecule has 0 fully saturated rings. The number of furan rings is 1. The van der Waals surface area contributed by atoms with Crippen LogP contribution in [0.15, 0.2) is 79.4 Å². The number of carbonyl (C=O) groups is 1. The van der Waals surface area contributed by atoms with Crippen LogP contribution in [0.25, 0.3) is 33.5 Å². The van der Waals surface area contributed by atoms with Crippen LogP contribution in [0, 0.1) is 10.1 Å². The Hall–Kier alpha value is -4.55. The first kappa shape index (κ1) is 25.1. The third kappa shape index (κ3) is 4.86. The number of aliphatic carboxylic acids is 1. The predicted octanol–water partition coefficient (Wildman–Crippen LogP) is 5.48. The molecule has 0 saturated carbocycles. The summed E-state index contributed by atoms with van der Waals surface area (Å²) in [7, 11) is 0. The molecule has 1 N–H and O–H groups in total. The summed E-state index contributed by atoms with van der Waals surface area (Å²) in [6.45, 7) is -0.847. The average Bonchev–Trinajstić information content (AvgIpc) is 3.30. The van der Waals surface area contributed by atoms with Crippen LogP contribution in [0.3, 0.4) is 0 Å². The molecule has 0 saturated heterocycles. The number of halogens is 2. The fourth-order valence-electron chi connectivity index (χ4n) is 3.76. The van der Waals surface area contributed by atoms with Gasteiger partial charge in [0.1, 0.15) is 5.58 Å². The first-order chi connectivity index (χ1) is 18.2. The number of carboxylic acid groups (broad SMARTS) is 1. The Morgan fingerprint density at radius 1 is 1.24 bits per heavy atom. The van der Waals surface area contributed by atoms with E-state index in [1.54, 1.807) is 42.5 Å². The van der Waals surface area contributed by atoms with Gasteiger partial charge in [0.15, 0.2) is 12.4 Å². The lowest BCUT2D eigenvalue weighted by Gasteiger charge is -2.10. The second-order valence-electron chi connectivity index (χ2n) is 7.89. The Kier molecular flexibility index (Phi) is 6.66. The summed E-state index contributed by atoms with van der Waals surface area (Å²) in [4.78, 5) is 39.9. The Balaban J connectivity index is 1.72. The van der Waals surface area contributed by atoms with Gasteiger partial charge in [-0.3, -0.25) is 14.9 Å². The van der Waals surface area contributed by atoms with E-state index in [4.69, 9.17) is 25.9 Å². The quantitative estimate of drug-likeness (QED) is 0.147. The fraction of sp³-hybridized carbons (Fsp3) is 0.0400. The number of nitro groups is 1. The zero-order valence-electron chi connectivity index (χ0n) is 19.0. The Morgan fingerprint density at radius 3 is 2.79 bits per heavy atom. The molecular formula is C25H14BrClN4O7. The van der Waals surface area contributed by atoms with Crippen LogP contribution in [0.4, 0.5) is 5.69 Å². The number of fused-ring (bicyclic) bond motifs is 2. The van der Waals surface area contributed by atoms with Gasteiger partial charge in [0.2, 0.25) is 11.6 Å². The molecule has 5 rings (SSSR count). The highest BCUT2D eigenvalue weighted by Crippen LogP contribution is 2.34. The lowest BCUT2D eigenvalue weighted by molar-refractivity contribution is -0.385. The van der Waals surface area contributed by atoms with Crippen molar-refractivity contribution in [2.75, 3.05) is 6.61 Å². The first-order valence-electron chi connectivity index (χ1n) is 10.8. The maximum atomic E-state index is 13.5. The largest absolute Gasteiger partial charge is 0.479 e. The topological polar surface area (TPSA) is 150 Å². The number of ether oxygens (including phenoxy) is 1. The molecule has 2 aromatic heterocycles. The van der Waals surface area contributed by atoms with E-state index in [-0.39, 0.29) is 33.3 Å². The summed E-state index contributed by atoms with van der Waals surface area (Å²) < 4.78 is 12.9. The van der Waals surface area contributed by atoms with Crippen molar-refractivity contribution in [3.63, 3.8) is 0 Å². The van der Waals surface area contributed by atoms with E-state index in [1.165, 1.54) is 6.07 Å². The standard InChI is InChI=1S/C25H14BrClN4O7/c26-15-5-6-20-13(7-15)9-21(38-20)24-29-18-4-2-1-3-17(18)25(34)30(24)28-11-14-8-16(27)10-19(31(35)36)23(14)37-12-22(32)33/h1-11H,12H2,(H,32,33). The number of benzene rings is 3. The summed E-state index contributed by atoms with van der Waals surface area (Å²) >= 11 is 9.48. The van der Waals surface area contributed by atoms with Crippen LogP contribution < -0.4 is 10.3 Å². The molecule has 38 heavy (non-hydrogen) atoms. The van der Waals surface area contributed by atoms with Crippen molar-refractivity contribution in [1.29, 1.82) is 0 Å². The van der Waals surface area contributed by atoms with Gasteiger partial charge in [-0.15, -0.1) is 0 Å². The van der Waals surface area contributed by atoms with E-state index >= 15 is 0 Å². The maximum absolute atomic E-state index is 13.5. The van der Waals surface area contributed by atoms with Gasteiger partial charge in [0.25, 0.3) is 5.56 Å². The Morgan fingerprint density at radius 2 is 2.03 bits per heavy atom. The van der Waals surface area contributed by atoms with Crippen molar-refractivity contribution < 1.29 is 24.0 Å². The average molecular weight is 598 g/mol. The minimum atomic E-state index is -1.34. The number of carboxylic acids is 1.